The maximum Gasteiger partial charge on any atom is 0.159 e. The molecule has 0 spiro atoms. The van der Waals surface area contributed by atoms with Crippen LogP contribution >= 0.6 is 0 Å². The molecule has 106 valence electrons. The molecule has 2 aromatic heterocycles. The van der Waals surface area contributed by atoms with Crippen molar-refractivity contribution in [3.63, 3.8) is 0 Å². The fourth-order valence-electron chi connectivity index (χ4n) is 2.59. The molecular weight excluding hydrogens is 264 g/mol. The van der Waals surface area contributed by atoms with E-state index in [0.29, 0.717) is 0 Å². The Hall–Kier alpha value is -2.47. The van der Waals surface area contributed by atoms with Crippen molar-refractivity contribution in [2.24, 2.45) is 0 Å². The van der Waals surface area contributed by atoms with Crippen LogP contribution in [0.2, 0.25) is 0 Å². The average Bonchev–Trinajstić information content (AvgIpc) is 3.00. The Kier molecular flexibility index (Phi) is 3.01. The molecule has 1 aliphatic heterocycles. The number of piperazine rings is 1. The van der Waals surface area contributed by atoms with Crippen molar-refractivity contribution in [1.82, 2.24) is 25.5 Å². The second kappa shape index (κ2) is 5.14. The number of benzene rings is 1. The van der Waals surface area contributed by atoms with Crippen LogP contribution in [0, 0.1) is 0 Å². The highest BCUT2D eigenvalue weighted by Gasteiger charge is 2.13. The maximum absolute atomic E-state index is 4.54. The number of imidazole rings is 1. The number of anilines is 1. The van der Waals surface area contributed by atoms with Gasteiger partial charge in [-0.1, -0.05) is 12.1 Å². The smallest absolute Gasteiger partial charge is 0.159 e. The molecule has 6 nitrogen and oxygen atoms in total. The highest BCUT2D eigenvalue weighted by atomic mass is 15.3. The van der Waals surface area contributed by atoms with Crippen LogP contribution in [0.3, 0.4) is 0 Å². The fraction of sp³-hybridized carbons (Fsp3) is 0.267. The van der Waals surface area contributed by atoms with Gasteiger partial charge in [0, 0.05) is 26.2 Å². The van der Waals surface area contributed by atoms with Crippen molar-refractivity contribution in [2.45, 2.75) is 0 Å². The number of hydrogen-bond acceptors (Lipinski definition) is 5. The van der Waals surface area contributed by atoms with Gasteiger partial charge in [-0.15, -0.1) is 10.2 Å². The molecule has 1 fully saturated rings. The zero-order chi connectivity index (χ0) is 14.1. The monoisotopic (exact) mass is 280 g/mol. The number of nitrogens with one attached hydrogen (secondary N) is 2. The molecular formula is C15H16N6. The first-order valence-corrected chi connectivity index (χ1v) is 7.15. The molecule has 3 aromatic rings. The van der Waals surface area contributed by atoms with Crippen molar-refractivity contribution in [3.05, 3.63) is 36.4 Å². The highest BCUT2D eigenvalue weighted by Crippen LogP contribution is 2.19. The highest BCUT2D eigenvalue weighted by molar-refractivity contribution is 5.78. The van der Waals surface area contributed by atoms with E-state index >= 15 is 0 Å². The summed E-state index contributed by atoms with van der Waals surface area (Å²) in [4.78, 5) is 10.1. The maximum atomic E-state index is 4.54. The van der Waals surface area contributed by atoms with Crippen LogP contribution in [0.1, 0.15) is 0 Å². The van der Waals surface area contributed by atoms with Gasteiger partial charge in [-0.05, 0) is 24.3 Å². The first kappa shape index (κ1) is 12.3. The largest absolute Gasteiger partial charge is 0.353 e. The van der Waals surface area contributed by atoms with E-state index in [4.69, 9.17) is 0 Å². The molecule has 4 rings (SSSR count). The van der Waals surface area contributed by atoms with E-state index in [1.807, 2.05) is 36.4 Å². The van der Waals surface area contributed by atoms with Gasteiger partial charge >= 0.3 is 0 Å². The van der Waals surface area contributed by atoms with Crippen molar-refractivity contribution >= 4 is 16.9 Å². The predicted octanol–water partition coefficient (Wildman–Crippen LogP) is 1.43. The lowest BCUT2D eigenvalue weighted by Crippen LogP contribution is -2.43. The van der Waals surface area contributed by atoms with Crippen LogP contribution in [-0.2, 0) is 0 Å². The third kappa shape index (κ3) is 2.34. The standard InChI is InChI=1S/C15H16N6/c1-2-4-12-11(3-1)17-15(18-12)13-5-6-14(20-19-13)21-9-7-16-8-10-21/h1-6,16H,7-10H2,(H,17,18). The summed E-state index contributed by atoms with van der Waals surface area (Å²) in [5.74, 6) is 1.69. The molecule has 0 bridgehead atoms. The summed E-state index contributed by atoms with van der Waals surface area (Å²) < 4.78 is 0. The Labute approximate surface area is 122 Å². The molecule has 6 heteroatoms. The molecule has 3 heterocycles. The van der Waals surface area contributed by atoms with Crippen LogP contribution in [0.5, 0.6) is 0 Å². The summed E-state index contributed by atoms with van der Waals surface area (Å²) in [5, 5.41) is 12.0. The van der Waals surface area contributed by atoms with Gasteiger partial charge in [0.25, 0.3) is 0 Å². The van der Waals surface area contributed by atoms with Crippen LogP contribution < -0.4 is 10.2 Å². The van der Waals surface area contributed by atoms with Gasteiger partial charge in [-0.25, -0.2) is 4.98 Å². The molecule has 2 N–H and O–H groups in total. The first-order chi connectivity index (χ1) is 10.4. The molecule has 0 amide bonds. The minimum atomic E-state index is 0.760. The van der Waals surface area contributed by atoms with Gasteiger partial charge in [-0.3, -0.25) is 0 Å². The van der Waals surface area contributed by atoms with E-state index in [1.54, 1.807) is 0 Å². The van der Waals surface area contributed by atoms with Crippen LogP contribution in [0.25, 0.3) is 22.6 Å². The van der Waals surface area contributed by atoms with E-state index in [-0.39, 0.29) is 0 Å². The van der Waals surface area contributed by atoms with Gasteiger partial charge in [0.2, 0.25) is 0 Å². The lowest BCUT2D eigenvalue weighted by atomic mass is 10.3. The Morgan fingerprint density at radius 1 is 0.952 bits per heavy atom. The van der Waals surface area contributed by atoms with Gasteiger partial charge in [-0.2, -0.15) is 0 Å². The Morgan fingerprint density at radius 3 is 2.57 bits per heavy atom. The topological polar surface area (TPSA) is 69.7 Å². The zero-order valence-corrected chi connectivity index (χ0v) is 11.6. The summed E-state index contributed by atoms with van der Waals surface area (Å²) in [6.45, 7) is 3.93. The third-order valence-electron chi connectivity index (χ3n) is 3.72. The normalized spacial score (nSPS) is 15.5. The van der Waals surface area contributed by atoms with Crippen molar-refractivity contribution in [2.75, 3.05) is 31.1 Å². The first-order valence-electron chi connectivity index (χ1n) is 7.15. The molecule has 21 heavy (non-hydrogen) atoms. The number of H-pyrrole nitrogens is 1. The van der Waals surface area contributed by atoms with Gasteiger partial charge in [0.15, 0.2) is 11.6 Å². The Balaban J connectivity index is 1.63. The SMILES string of the molecule is c1ccc2[nH]c(-c3ccc(N4CCNCC4)nn3)nc2c1. The van der Waals surface area contributed by atoms with Crippen molar-refractivity contribution < 1.29 is 0 Å². The van der Waals surface area contributed by atoms with Crippen LogP contribution in [0.4, 0.5) is 5.82 Å². The molecule has 0 unspecified atom stereocenters. The summed E-state index contributed by atoms with van der Waals surface area (Å²) in [5.41, 5.74) is 2.73. The Morgan fingerprint density at radius 2 is 1.81 bits per heavy atom. The lowest BCUT2D eigenvalue weighted by Gasteiger charge is -2.27. The second-order valence-electron chi connectivity index (χ2n) is 5.12. The predicted molar refractivity (Wildman–Crippen MR) is 82.2 cm³/mol. The van der Waals surface area contributed by atoms with Gasteiger partial charge < -0.3 is 15.2 Å². The fourth-order valence-corrected chi connectivity index (χ4v) is 2.59. The number of rotatable bonds is 2. The molecule has 0 atom stereocenters. The van der Waals surface area contributed by atoms with E-state index < -0.39 is 0 Å². The summed E-state index contributed by atoms with van der Waals surface area (Å²) in [6, 6.07) is 11.9. The molecule has 1 aliphatic rings. The summed E-state index contributed by atoms with van der Waals surface area (Å²) in [6.07, 6.45) is 0. The van der Waals surface area contributed by atoms with E-state index in [9.17, 15) is 0 Å². The second-order valence-corrected chi connectivity index (χ2v) is 5.12. The molecule has 1 saturated heterocycles. The number of nitrogens with zero attached hydrogens (tertiary/aromatic N) is 4. The number of aromatic nitrogens is 4. The lowest BCUT2D eigenvalue weighted by molar-refractivity contribution is 0.583. The number of hydrogen-bond donors (Lipinski definition) is 2. The Bertz CT molecular complexity index is 709. The quantitative estimate of drug-likeness (QED) is 0.743. The van der Waals surface area contributed by atoms with Crippen LogP contribution in [0.15, 0.2) is 36.4 Å². The van der Waals surface area contributed by atoms with E-state index in [1.165, 1.54) is 0 Å². The molecule has 0 saturated carbocycles. The third-order valence-corrected chi connectivity index (χ3v) is 3.72. The van der Waals surface area contributed by atoms with Gasteiger partial charge in [0.1, 0.15) is 5.69 Å². The van der Waals surface area contributed by atoms with E-state index in [0.717, 1.165) is 54.5 Å². The van der Waals surface area contributed by atoms with E-state index in [2.05, 4.69) is 30.4 Å². The van der Waals surface area contributed by atoms with Gasteiger partial charge in [0.05, 0.1) is 11.0 Å². The average molecular weight is 280 g/mol. The van der Waals surface area contributed by atoms with Crippen molar-refractivity contribution in [3.8, 4) is 11.5 Å². The minimum Gasteiger partial charge on any atom is -0.353 e. The summed E-state index contributed by atoms with van der Waals surface area (Å²) in [7, 11) is 0. The van der Waals surface area contributed by atoms with Crippen LogP contribution in [-0.4, -0.2) is 46.3 Å². The number of fused-ring (bicyclic) bond motifs is 1. The summed E-state index contributed by atoms with van der Waals surface area (Å²) >= 11 is 0. The minimum absolute atomic E-state index is 0.760. The molecule has 0 radical (unpaired) electrons. The zero-order valence-electron chi connectivity index (χ0n) is 11.6. The molecule has 1 aromatic carbocycles. The number of aromatic amines is 1. The molecule has 0 aliphatic carbocycles. The van der Waals surface area contributed by atoms with Crippen molar-refractivity contribution in [1.29, 1.82) is 0 Å². The number of para-hydroxylation sites is 2.